The van der Waals surface area contributed by atoms with Crippen molar-refractivity contribution in [1.82, 2.24) is 5.32 Å². The first-order chi connectivity index (χ1) is 10.5. The summed E-state index contributed by atoms with van der Waals surface area (Å²) in [6.07, 6.45) is 0.0108. The van der Waals surface area contributed by atoms with Gasteiger partial charge in [-0.3, -0.25) is 9.59 Å². The lowest BCUT2D eigenvalue weighted by atomic mass is 10.0. The molecule has 0 atom stereocenters. The highest BCUT2D eigenvalue weighted by Crippen LogP contribution is 2.12. The average molecular weight is 297 g/mol. The van der Waals surface area contributed by atoms with Crippen molar-refractivity contribution in [3.8, 4) is 0 Å². The van der Waals surface area contributed by atoms with Crippen molar-refractivity contribution in [2.45, 2.75) is 26.8 Å². The summed E-state index contributed by atoms with van der Waals surface area (Å²) in [5, 5.41) is 11.7. The van der Waals surface area contributed by atoms with E-state index in [0.29, 0.717) is 12.1 Å². The molecule has 0 aliphatic rings. The topological polar surface area (TPSA) is 66.4 Å². The minimum atomic E-state index is -0.847. The van der Waals surface area contributed by atoms with Crippen LogP contribution in [0.15, 0.2) is 42.5 Å². The van der Waals surface area contributed by atoms with E-state index in [1.54, 1.807) is 18.2 Å². The van der Waals surface area contributed by atoms with Crippen LogP contribution >= 0.6 is 0 Å². The molecule has 0 saturated carbocycles. The molecule has 114 valence electrons. The van der Waals surface area contributed by atoms with Crippen molar-refractivity contribution in [3.63, 3.8) is 0 Å². The summed E-state index contributed by atoms with van der Waals surface area (Å²) in [6, 6.07) is 12.9. The highest BCUT2D eigenvalue weighted by molar-refractivity contribution is 5.94. The Balaban J connectivity index is 2.00. The zero-order chi connectivity index (χ0) is 16.1. The smallest absolute Gasteiger partial charge is 0.307 e. The van der Waals surface area contributed by atoms with Gasteiger partial charge in [0.2, 0.25) is 0 Å². The molecule has 0 aromatic heterocycles. The van der Waals surface area contributed by atoms with Crippen LogP contribution in [-0.4, -0.2) is 17.0 Å². The van der Waals surface area contributed by atoms with Crippen LogP contribution in [0.2, 0.25) is 0 Å². The molecular formula is C18H19NO3. The SMILES string of the molecule is Cc1ccc(C(=O)NCc2ccc(CC(=O)O)cc2C)cc1. The molecule has 0 radical (unpaired) electrons. The Labute approximate surface area is 129 Å². The maximum absolute atomic E-state index is 12.1. The van der Waals surface area contributed by atoms with Gasteiger partial charge >= 0.3 is 5.97 Å². The van der Waals surface area contributed by atoms with Crippen LogP contribution in [0.1, 0.15) is 32.6 Å². The Hall–Kier alpha value is -2.62. The first-order valence-corrected chi connectivity index (χ1v) is 7.11. The molecule has 2 aromatic rings. The molecule has 0 heterocycles. The monoisotopic (exact) mass is 297 g/mol. The summed E-state index contributed by atoms with van der Waals surface area (Å²) < 4.78 is 0. The number of amides is 1. The van der Waals surface area contributed by atoms with E-state index in [0.717, 1.165) is 22.3 Å². The molecule has 0 unspecified atom stereocenters. The molecule has 0 aliphatic carbocycles. The van der Waals surface area contributed by atoms with E-state index >= 15 is 0 Å². The summed E-state index contributed by atoms with van der Waals surface area (Å²) in [7, 11) is 0. The lowest BCUT2D eigenvalue weighted by molar-refractivity contribution is -0.136. The van der Waals surface area contributed by atoms with E-state index in [1.807, 2.05) is 38.1 Å². The van der Waals surface area contributed by atoms with Crippen molar-refractivity contribution < 1.29 is 14.7 Å². The van der Waals surface area contributed by atoms with E-state index in [-0.39, 0.29) is 12.3 Å². The number of benzene rings is 2. The minimum absolute atomic E-state index is 0.0108. The summed E-state index contributed by atoms with van der Waals surface area (Å²) in [5.41, 5.74) is 4.46. The number of carbonyl (C=O) groups is 2. The molecule has 4 heteroatoms. The second-order valence-corrected chi connectivity index (χ2v) is 5.38. The van der Waals surface area contributed by atoms with Crippen LogP contribution in [0.3, 0.4) is 0 Å². The maximum atomic E-state index is 12.1. The fourth-order valence-electron chi connectivity index (χ4n) is 2.22. The van der Waals surface area contributed by atoms with Crippen molar-refractivity contribution in [3.05, 3.63) is 70.3 Å². The van der Waals surface area contributed by atoms with Crippen molar-refractivity contribution >= 4 is 11.9 Å². The number of aliphatic carboxylic acids is 1. The zero-order valence-corrected chi connectivity index (χ0v) is 12.7. The first kappa shape index (κ1) is 15.8. The number of carbonyl (C=O) groups excluding carboxylic acids is 1. The van der Waals surface area contributed by atoms with Gasteiger partial charge in [0.05, 0.1) is 6.42 Å². The zero-order valence-electron chi connectivity index (χ0n) is 12.7. The Kier molecular flexibility index (Phi) is 4.94. The number of hydrogen-bond donors (Lipinski definition) is 2. The summed E-state index contributed by atoms with van der Waals surface area (Å²) in [4.78, 5) is 22.8. The molecule has 22 heavy (non-hydrogen) atoms. The Bertz CT molecular complexity index is 690. The van der Waals surface area contributed by atoms with Crippen LogP contribution in [-0.2, 0) is 17.8 Å². The van der Waals surface area contributed by atoms with Gasteiger partial charge in [-0.1, -0.05) is 35.9 Å². The molecule has 0 spiro atoms. The van der Waals surface area contributed by atoms with Crippen LogP contribution in [0.25, 0.3) is 0 Å². The number of rotatable bonds is 5. The fourth-order valence-corrected chi connectivity index (χ4v) is 2.22. The van der Waals surface area contributed by atoms with Crippen molar-refractivity contribution in [1.29, 1.82) is 0 Å². The Morgan fingerprint density at radius 2 is 1.73 bits per heavy atom. The van der Waals surface area contributed by atoms with E-state index in [2.05, 4.69) is 5.32 Å². The average Bonchev–Trinajstić information content (AvgIpc) is 2.46. The number of nitrogens with one attached hydrogen (secondary N) is 1. The van der Waals surface area contributed by atoms with Gasteiger partial charge in [0.25, 0.3) is 5.91 Å². The normalized spacial score (nSPS) is 10.3. The number of hydrogen-bond acceptors (Lipinski definition) is 2. The van der Waals surface area contributed by atoms with Crippen molar-refractivity contribution in [2.24, 2.45) is 0 Å². The van der Waals surface area contributed by atoms with E-state index < -0.39 is 5.97 Å². The predicted molar refractivity (Wildman–Crippen MR) is 84.9 cm³/mol. The van der Waals surface area contributed by atoms with Crippen LogP contribution in [0, 0.1) is 13.8 Å². The maximum Gasteiger partial charge on any atom is 0.307 e. The molecule has 0 aliphatic heterocycles. The van der Waals surface area contributed by atoms with Gasteiger partial charge in [-0.25, -0.2) is 0 Å². The van der Waals surface area contributed by atoms with Crippen molar-refractivity contribution in [2.75, 3.05) is 0 Å². The fraction of sp³-hybridized carbons (Fsp3) is 0.222. The third-order valence-corrected chi connectivity index (χ3v) is 3.52. The third-order valence-electron chi connectivity index (χ3n) is 3.52. The molecule has 2 N–H and O–H groups in total. The molecule has 0 saturated heterocycles. The number of carboxylic acid groups (broad SMARTS) is 1. The van der Waals surface area contributed by atoms with E-state index in [1.165, 1.54) is 0 Å². The molecule has 4 nitrogen and oxygen atoms in total. The van der Waals surface area contributed by atoms with Gasteiger partial charge in [-0.15, -0.1) is 0 Å². The minimum Gasteiger partial charge on any atom is -0.481 e. The predicted octanol–water partition coefficient (Wildman–Crippen LogP) is 2.86. The molecule has 1 amide bonds. The lowest BCUT2D eigenvalue weighted by Gasteiger charge is -2.10. The molecule has 2 aromatic carbocycles. The highest BCUT2D eigenvalue weighted by atomic mass is 16.4. The quantitative estimate of drug-likeness (QED) is 0.891. The summed E-state index contributed by atoms with van der Waals surface area (Å²) in [5.74, 6) is -0.964. The van der Waals surface area contributed by atoms with E-state index in [4.69, 9.17) is 5.11 Å². The molecule has 0 bridgehead atoms. The van der Waals surface area contributed by atoms with Gasteiger partial charge in [-0.2, -0.15) is 0 Å². The van der Waals surface area contributed by atoms with Gasteiger partial charge < -0.3 is 10.4 Å². The highest BCUT2D eigenvalue weighted by Gasteiger charge is 2.07. The first-order valence-electron chi connectivity index (χ1n) is 7.11. The second-order valence-electron chi connectivity index (χ2n) is 5.38. The van der Waals surface area contributed by atoms with Crippen LogP contribution < -0.4 is 5.32 Å². The third kappa shape index (κ3) is 4.19. The van der Waals surface area contributed by atoms with Crippen LogP contribution in [0.4, 0.5) is 0 Å². The van der Waals surface area contributed by atoms with E-state index in [9.17, 15) is 9.59 Å². The Morgan fingerprint density at radius 3 is 2.32 bits per heavy atom. The lowest BCUT2D eigenvalue weighted by Crippen LogP contribution is -2.23. The summed E-state index contributed by atoms with van der Waals surface area (Å²) >= 11 is 0. The standard InChI is InChI=1S/C18H19NO3/c1-12-3-6-15(7-4-12)18(22)19-11-16-8-5-14(9-13(16)2)10-17(20)21/h3-9H,10-11H2,1-2H3,(H,19,22)(H,20,21). The van der Waals surface area contributed by atoms with Gasteiger partial charge in [-0.05, 0) is 42.7 Å². The molecular weight excluding hydrogens is 278 g/mol. The number of carboxylic acids is 1. The van der Waals surface area contributed by atoms with Gasteiger partial charge in [0.1, 0.15) is 0 Å². The Morgan fingerprint density at radius 1 is 1.05 bits per heavy atom. The summed E-state index contributed by atoms with van der Waals surface area (Å²) in [6.45, 7) is 4.31. The van der Waals surface area contributed by atoms with Crippen LogP contribution in [0.5, 0.6) is 0 Å². The second kappa shape index (κ2) is 6.89. The molecule has 0 fully saturated rings. The van der Waals surface area contributed by atoms with Gasteiger partial charge in [0, 0.05) is 12.1 Å². The largest absolute Gasteiger partial charge is 0.481 e. The van der Waals surface area contributed by atoms with Gasteiger partial charge in [0.15, 0.2) is 0 Å². The molecule has 2 rings (SSSR count). The number of aryl methyl sites for hydroxylation is 2.